The van der Waals surface area contributed by atoms with Crippen LogP contribution in [-0.4, -0.2) is 35.5 Å². The van der Waals surface area contributed by atoms with E-state index in [1.165, 1.54) is 23.5 Å². The molecule has 1 saturated heterocycles. The Balaban J connectivity index is 1.73. The number of carbonyl (C=O) groups is 2. The molecule has 148 valence electrons. The molecule has 1 aromatic carbocycles. The van der Waals surface area contributed by atoms with Gasteiger partial charge in [-0.05, 0) is 68.3 Å². The average molecular weight is 402 g/mol. The molecular formula is C22H24FNO3S. The second kappa shape index (κ2) is 9.15. The zero-order valence-electron chi connectivity index (χ0n) is 16.1. The first-order valence-electron chi connectivity index (χ1n) is 9.45. The van der Waals surface area contributed by atoms with Crippen molar-refractivity contribution in [2.75, 3.05) is 6.61 Å². The van der Waals surface area contributed by atoms with Gasteiger partial charge >= 0.3 is 5.97 Å². The van der Waals surface area contributed by atoms with Crippen molar-refractivity contribution >= 4 is 34.9 Å². The second-order valence-corrected chi connectivity index (χ2v) is 8.04. The summed E-state index contributed by atoms with van der Waals surface area (Å²) in [5, 5.41) is 1.86. The molecule has 6 heteroatoms. The van der Waals surface area contributed by atoms with Crippen LogP contribution < -0.4 is 0 Å². The molecule has 0 radical (unpaired) electrons. The van der Waals surface area contributed by atoms with Crippen molar-refractivity contribution in [3.05, 3.63) is 58.0 Å². The maximum atomic E-state index is 13.2. The molecule has 0 aliphatic carbocycles. The Kier molecular flexibility index (Phi) is 6.62. The number of hydrogen-bond donors (Lipinski definition) is 0. The van der Waals surface area contributed by atoms with Crippen molar-refractivity contribution in [2.45, 2.75) is 45.2 Å². The predicted molar refractivity (Wildman–Crippen MR) is 109 cm³/mol. The minimum Gasteiger partial charge on any atom is -0.452 e. The van der Waals surface area contributed by atoms with Crippen LogP contribution in [0, 0.1) is 5.82 Å². The SMILES string of the molecule is CC1CCCC(C)N1C(=O)COC(=O)C(=Cc1ccc(F)cc1)c1cccs1. The van der Waals surface area contributed by atoms with Gasteiger partial charge in [-0.1, -0.05) is 18.2 Å². The smallest absolute Gasteiger partial charge is 0.340 e. The number of ether oxygens (including phenoxy) is 1. The number of thiophene rings is 1. The van der Waals surface area contributed by atoms with Crippen LogP contribution in [0.25, 0.3) is 11.6 Å². The van der Waals surface area contributed by atoms with Gasteiger partial charge in [0, 0.05) is 17.0 Å². The number of esters is 1. The summed E-state index contributed by atoms with van der Waals surface area (Å²) in [6, 6.07) is 9.84. The number of amides is 1. The van der Waals surface area contributed by atoms with Gasteiger partial charge in [-0.3, -0.25) is 4.79 Å². The highest BCUT2D eigenvalue weighted by Crippen LogP contribution is 2.25. The van der Waals surface area contributed by atoms with Crippen molar-refractivity contribution in [3.8, 4) is 0 Å². The monoisotopic (exact) mass is 401 g/mol. The van der Waals surface area contributed by atoms with E-state index in [4.69, 9.17) is 4.74 Å². The molecule has 0 bridgehead atoms. The molecular weight excluding hydrogens is 377 g/mol. The summed E-state index contributed by atoms with van der Waals surface area (Å²) in [6.45, 7) is 3.78. The summed E-state index contributed by atoms with van der Waals surface area (Å²) in [7, 11) is 0. The van der Waals surface area contributed by atoms with E-state index in [1.54, 1.807) is 18.2 Å². The van der Waals surface area contributed by atoms with Gasteiger partial charge in [0.05, 0.1) is 5.57 Å². The fraction of sp³-hybridized carbons (Fsp3) is 0.364. The van der Waals surface area contributed by atoms with E-state index in [-0.39, 0.29) is 30.4 Å². The largest absolute Gasteiger partial charge is 0.452 e. The van der Waals surface area contributed by atoms with E-state index in [0.29, 0.717) is 11.1 Å². The molecule has 0 N–H and O–H groups in total. The van der Waals surface area contributed by atoms with E-state index < -0.39 is 5.97 Å². The summed E-state index contributed by atoms with van der Waals surface area (Å²) >= 11 is 1.41. The van der Waals surface area contributed by atoms with Crippen molar-refractivity contribution in [1.82, 2.24) is 4.90 Å². The minimum absolute atomic E-state index is 0.154. The third-order valence-electron chi connectivity index (χ3n) is 5.00. The highest BCUT2D eigenvalue weighted by atomic mass is 32.1. The number of rotatable bonds is 5. The summed E-state index contributed by atoms with van der Waals surface area (Å²) in [5.74, 6) is -1.06. The molecule has 0 spiro atoms. The number of piperidine rings is 1. The van der Waals surface area contributed by atoms with Crippen LogP contribution in [0.15, 0.2) is 41.8 Å². The number of likely N-dealkylation sites (tertiary alicyclic amines) is 1. The lowest BCUT2D eigenvalue weighted by atomic mass is 9.97. The number of benzene rings is 1. The van der Waals surface area contributed by atoms with E-state index in [9.17, 15) is 14.0 Å². The molecule has 4 nitrogen and oxygen atoms in total. The zero-order chi connectivity index (χ0) is 20.1. The molecule has 1 amide bonds. The number of hydrogen-bond acceptors (Lipinski definition) is 4. The van der Waals surface area contributed by atoms with E-state index >= 15 is 0 Å². The van der Waals surface area contributed by atoms with Crippen LogP contribution in [0.4, 0.5) is 4.39 Å². The Morgan fingerprint density at radius 1 is 1.18 bits per heavy atom. The second-order valence-electron chi connectivity index (χ2n) is 7.09. The Morgan fingerprint density at radius 3 is 2.46 bits per heavy atom. The van der Waals surface area contributed by atoms with Gasteiger partial charge in [-0.25, -0.2) is 9.18 Å². The quantitative estimate of drug-likeness (QED) is 0.536. The first kappa shape index (κ1) is 20.3. The molecule has 2 unspecified atom stereocenters. The summed E-state index contributed by atoms with van der Waals surface area (Å²) in [4.78, 5) is 27.9. The molecule has 3 rings (SSSR count). The molecule has 2 atom stereocenters. The third kappa shape index (κ3) is 4.87. The molecule has 2 heterocycles. The number of nitrogens with zero attached hydrogens (tertiary/aromatic N) is 1. The van der Waals surface area contributed by atoms with Gasteiger partial charge in [-0.2, -0.15) is 0 Å². The molecule has 1 fully saturated rings. The van der Waals surface area contributed by atoms with Gasteiger partial charge in [0.15, 0.2) is 6.61 Å². The summed E-state index contributed by atoms with van der Waals surface area (Å²) in [6.07, 6.45) is 4.70. The standard InChI is InChI=1S/C22H24FNO3S/c1-15-5-3-6-16(2)24(15)21(25)14-27-22(26)19(20-7-4-12-28-20)13-17-8-10-18(23)11-9-17/h4,7-13,15-16H,3,5-6,14H2,1-2H3. The van der Waals surface area contributed by atoms with E-state index in [2.05, 4.69) is 0 Å². The lowest BCUT2D eigenvalue weighted by Gasteiger charge is -2.38. The first-order valence-corrected chi connectivity index (χ1v) is 10.3. The highest BCUT2D eigenvalue weighted by Gasteiger charge is 2.29. The maximum Gasteiger partial charge on any atom is 0.340 e. The molecule has 1 aliphatic rings. The average Bonchev–Trinajstić information content (AvgIpc) is 3.20. The van der Waals surface area contributed by atoms with E-state index in [1.807, 2.05) is 36.3 Å². The highest BCUT2D eigenvalue weighted by molar-refractivity contribution is 7.11. The zero-order valence-corrected chi connectivity index (χ0v) is 16.9. The summed E-state index contributed by atoms with van der Waals surface area (Å²) < 4.78 is 18.5. The van der Waals surface area contributed by atoms with Crippen molar-refractivity contribution in [1.29, 1.82) is 0 Å². The van der Waals surface area contributed by atoms with Crippen LogP contribution in [0.1, 0.15) is 43.6 Å². The van der Waals surface area contributed by atoms with Crippen LogP contribution in [0.3, 0.4) is 0 Å². The topological polar surface area (TPSA) is 46.6 Å². The van der Waals surface area contributed by atoms with Crippen LogP contribution in [0.2, 0.25) is 0 Å². The molecule has 1 aromatic heterocycles. The lowest BCUT2D eigenvalue weighted by Crippen LogP contribution is -2.49. The number of carbonyl (C=O) groups excluding carboxylic acids is 2. The van der Waals surface area contributed by atoms with Gasteiger partial charge in [0.2, 0.25) is 0 Å². The van der Waals surface area contributed by atoms with E-state index in [0.717, 1.165) is 24.1 Å². The normalized spacial score (nSPS) is 20.1. The Bertz CT molecular complexity index is 835. The number of halogens is 1. The van der Waals surface area contributed by atoms with Crippen molar-refractivity contribution < 1.29 is 18.7 Å². The lowest BCUT2D eigenvalue weighted by molar-refractivity contribution is -0.151. The Labute approximate surface area is 168 Å². The van der Waals surface area contributed by atoms with Gasteiger partial charge in [0.1, 0.15) is 5.82 Å². The maximum absolute atomic E-state index is 13.2. The molecule has 28 heavy (non-hydrogen) atoms. The van der Waals surface area contributed by atoms with Crippen molar-refractivity contribution in [2.24, 2.45) is 0 Å². The fourth-order valence-corrected chi connectivity index (χ4v) is 4.31. The van der Waals surface area contributed by atoms with Crippen LogP contribution >= 0.6 is 11.3 Å². The van der Waals surface area contributed by atoms with Gasteiger partial charge in [-0.15, -0.1) is 11.3 Å². The Hall–Kier alpha value is -2.47. The third-order valence-corrected chi connectivity index (χ3v) is 5.90. The predicted octanol–water partition coefficient (Wildman–Crippen LogP) is 4.76. The molecule has 1 aliphatic heterocycles. The van der Waals surface area contributed by atoms with Crippen molar-refractivity contribution in [3.63, 3.8) is 0 Å². The molecule has 0 saturated carbocycles. The summed E-state index contributed by atoms with van der Waals surface area (Å²) in [5.41, 5.74) is 1.04. The minimum atomic E-state index is -0.558. The fourth-order valence-electron chi connectivity index (χ4n) is 3.58. The van der Waals surface area contributed by atoms with Crippen LogP contribution in [0.5, 0.6) is 0 Å². The Morgan fingerprint density at radius 2 is 1.86 bits per heavy atom. The first-order chi connectivity index (χ1) is 13.5. The van der Waals surface area contributed by atoms with Gasteiger partial charge in [0.25, 0.3) is 5.91 Å². The van der Waals surface area contributed by atoms with Gasteiger partial charge < -0.3 is 9.64 Å². The molecule has 2 aromatic rings. The van der Waals surface area contributed by atoms with Crippen LogP contribution in [-0.2, 0) is 14.3 Å².